The highest BCUT2D eigenvalue weighted by atomic mass is 19.1. The molecule has 0 radical (unpaired) electrons. The zero-order valence-corrected chi connectivity index (χ0v) is 13.7. The van der Waals surface area contributed by atoms with E-state index >= 15 is 0 Å². The highest BCUT2D eigenvalue weighted by molar-refractivity contribution is 5.91. The van der Waals surface area contributed by atoms with Crippen LogP contribution < -0.4 is 10.1 Å². The van der Waals surface area contributed by atoms with Crippen LogP contribution in [0.1, 0.15) is 28.9 Å². The molecule has 0 aliphatic rings. The van der Waals surface area contributed by atoms with Gasteiger partial charge in [-0.1, -0.05) is 12.1 Å². The zero-order valence-electron chi connectivity index (χ0n) is 13.7. The van der Waals surface area contributed by atoms with Gasteiger partial charge in [0.25, 0.3) is 5.91 Å². The van der Waals surface area contributed by atoms with Crippen LogP contribution in [-0.2, 0) is 9.53 Å². The first-order valence-electron chi connectivity index (χ1n) is 7.46. The van der Waals surface area contributed by atoms with Crippen LogP contribution in [0.5, 0.6) is 5.75 Å². The molecule has 0 aromatic heterocycles. The zero-order chi connectivity index (χ0) is 18.4. The van der Waals surface area contributed by atoms with E-state index in [0.717, 1.165) is 17.7 Å². The predicted molar refractivity (Wildman–Crippen MR) is 86.2 cm³/mol. The molecule has 0 aliphatic carbocycles. The average molecular weight is 349 g/mol. The summed E-state index contributed by atoms with van der Waals surface area (Å²) in [5, 5.41) is 2.65. The van der Waals surface area contributed by atoms with Gasteiger partial charge in [0.2, 0.25) is 0 Å². The largest absolute Gasteiger partial charge is 0.497 e. The molecule has 132 valence electrons. The second-order valence-corrected chi connectivity index (χ2v) is 5.27. The van der Waals surface area contributed by atoms with Crippen LogP contribution in [0.15, 0.2) is 42.5 Å². The van der Waals surface area contributed by atoms with Gasteiger partial charge in [0, 0.05) is 6.07 Å². The van der Waals surface area contributed by atoms with Crippen molar-refractivity contribution in [1.29, 1.82) is 0 Å². The molecule has 5 nitrogen and oxygen atoms in total. The SMILES string of the molecule is COc1cccc(C(C)NC(=O)COC(=O)c2ccc(F)cc2F)c1. The maximum Gasteiger partial charge on any atom is 0.341 e. The van der Waals surface area contributed by atoms with Gasteiger partial charge >= 0.3 is 5.97 Å². The third kappa shape index (κ3) is 5.00. The monoisotopic (exact) mass is 349 g/mol. The first-order chi connectivity index (χ1) is 11.9. The molecule has 1 N–H and O–H groups in total. The number of nitrogens with one attached hydrogen (secondary N) is 1. The lowest BCUT2D eigenvalue weighted by molar-refractivity contribution is -0.124. The van der Waals surface area contributed by atoms with Crippen molar-refractivity contribution >= 4 is 11.9 Å². The third-order valence-corrected chi connectivity index (χ3v) is 3.46. The summed E-state index contributed by atoms with van der Waals surface area (Å²) >= 11 is 0. The van der Waals surface area contributed by atoms with E-state index in [1.165, 1.54) is 7.11 Å². The maximum absolute atomic E-state index is 13.5. The van der Waals surface area contributed by atoms with Crippen molar-refractivity contribution in [1.82, 2.24) is 5.32 Å². The number of carbonyl (C=O) groups is 2. The first kappa shape index (κ1) is 18.4. The minimum Gasteiger partial charge on any atom is -0.497 e. The lowest BCUT2D eigenvalue weighted by atomic mass is 10.1. The van der Waals surface area contributed by atoms with E-state index in [4.69, 9.17) is 9.47 Å². The molecule has 0 saturated heterocycles. The van der Waals surface area contributed by atoms with Gasteiger partial charge in [-0.25, -0.2) is 13.6 Å². The first-order valence-corrected chi connectivity index (χ1v) is 7.46. The molecule has 0 fully saturated rings. The van der Waals surface area contributed by atoms with E-state index in [-0.39, 0.29) is 6.04 Å². The van der Waals surface area contributed by atoms with Crippen molar-refractivity contribution in [2.24, 2.45) is 0 Å². The fourth-order valence-electron chi connectivity index (χ4n) is 2.14. The molecule has 1 unspecified atom stereocenters. The van der Waals surface area contributed by atoms with E-state index in [9.17, 15) is 18.4 Å². The van der Waals surface area contributed by atoms with E-state index in [2.05, 4.69) is 5.32 Å². The standard InChI is InChI=1S/C18H17F2NO4/c1-11(12-4-3-5-14(8-12)24-2)21-17(22)10-25-18(23)15-7-6-13(19)9-16(15)20/h3-9,11H,10H2,1-2H3,(H,21,22). The lowest BCUT2D eigenvalue weighted by Gasteiger charge is -2.15. The molecule has 0 spiro atoms. The molecule has 1 amide bonds. The van der Waals surface area contributed by atoms with E-state index < -0.39 is 35.7 Å². The summed E-state index contributed by atoms with van der Waals surface area (Å²) in [5.41, 5.74) is 0.374. The van der Waals surface area contributed by atoms with Gasteiger partial charge in [0.1, 0.15) is 17.4 Å². The Morgan fingerprint density at radius 3 is 2.60 bits per heavy atom. The lowest BCUT2D eigenvalue weighted by Crippen LogP contribution is -2.31. The molecule has 2 rings (SSSR count). The molecule has 1 atom stereocenters. The maximum atomic E-state index is 13.5. The molecule has 0 bridgehead atoms. The Labute approximate surface area is 143 Å². The predicted octanol–water partition coefficient (Wildman–Crippen LogP) is 3.01. The van der Waals surface area contributed by atoms with Gasteiger partial charge in [-0.2, -0.15) is 0 Å². The van der Waals surface area contributed by atoms with Crippen LogP contribution in [0.2, 0.25) is 0 Å². The van der Waals surface area contributed by atoms with Crippen LogP contribution in [-0.4, -0.2) is 25.6 Å². The number of benzene rings is 2. The Hall–Kier alpha value is -2.96. The summed E-state index contributed by atoms with van der Waals surface area (Å²) in [6, 6.07) is 9.27. The number of rotatable bonds is 6. The number of halogens is 2. The summed E-state index contributed by atoms with van der Waals surface area (Å²) < 4.78 is 36.2. The highest BCUT2D eigenvalue weighted by Crippen LogP contribution is 2.18. The number of esters is 1. The molecular formula is C18H17F2NO4. The van der Waals surface area contributed by atoms with Crippen molar-refractivity contribution in [2.45, 2.75) is 13.0 Å². The molecular weight excluding hydrogens is 332 g/mol. The number of carbonyl (C=O) groups excluding carboxylic acids is 2. The second kappa shape index (κ2) is 8.23. The van der Waals surface area contributed by atoms with Crippen molar-refractivity contribution in [3.63, 3.8) is 0 Å². The van der Waals surface area contributed by atoms with Gasteiger partial charge < -0.3 is 14.8 Å². The van der Waals surface area contributed by atoms with Gasteiger partial charge in [0.05, 0.1) is 18.7 Å². The summed E-state index contributed by atoms with van der Waals surface area (Å²) in [7, 11) is 1.54. The van der Waals surface area contributed by atoms with Crippen LogP contribution in [0.4, 0.5) is 8.78 Å². The van der Waals surface area contributed by atoms with E-state index in [1.54, 1.807) is 25.1 Å². The number of methoxy groups -OCH3 is 1. The summed E-state index contributed by atoms with van der Waals surface area (Å²) in [6.45, 7) is 1.18. The van der Waals surface area contributed by atoms with E-state index in [1.807, 2.05) is 6.07 Å². The Kier molecular flexibility index (Phi) is 6.05. The summed E-state index contributed by atoms with van der Waals surface area (Å²) in [6.07, 6.45) is 0. The Morgan fingerprint density at radius 1 is 1.16 bits per heavy atom. The van der Waals surface area contributed by atoms with Gasteiger partial charge in [0.15, 0.2) is 6.61 Å². The highest BCUT2D eigenvalue weighted by Gasteiger charge is 2.16. The van der Waals surface area contributed by atoms with Crippen LogP contribution >= 0.6 is 0 Å². The molecule has 0 saturated carbocycles. The van der Waals surface area contributed by atoms with Gasteiger partial charge in [-0.05, 0) is 36.8 Å². The molecule has 2 aromatic rings. The molecule has 0 heterocycles. The Bertz CT molecular complexity index is 779. The fourth-order valence-corrected chi connectivity index (χ4v) is 2.14. The third-order valence-electron chi connectivity index (χ3n) is 3.46. The molecule has 2 aromatic carbocycles. The number of hydrogen-bond acceptors (Lipinski definition) is 4. The molecule has 7 heteroatoms. The van der Waals surface area contributed by atoms with Gasteiger partial charge in [-0.15, -0.1) is 0 Å². The summed E-state index contributed by atoms with van der Waals surface area (Å²) in [4.78, 5) is 23.6. The van der Waals surface area contributed by atoms with Crippen molar-refractivity contribution < 1.29 is 27.8 Å². The topological polar surface area (TPSA) is 64.6 Å². The minimum atomic E-state index is -1.05. The van der Waals surface area contributed by atoms with Crippen LogP contribution in [0.25, 0.3) is 0 Å². The number of ether oxygens (including phenoxy) is 2. The van der Waals surface area contributed by atoms with Crippen LogP contribution in [0.3, 0.4) is 0 Å². The van der Waals surface area contributed by atoms with E-state index in [0.29, 0.717) is 11.8 Å². The Morgan fingerprint density at radius 2 is 1.92 bits per heavy atom. The quantitative estimate of drug-likeness (QED) is 0.815. The van der Waals surface area contributed by atoms with Crippen molar-refractivity contribution in [2.75, 3.05) is 13.7 Å². The molecule has 25 heavy (non-hydrogen) atoms. The van der Waals surface area contributed by atoms with Crippen LogP contribution in [0, 0.1) is 11.6 Å². The number of amides is 1. The average Bonchev–Trinajstić information content (AvgIpc) is 2.59. The smallest absolute Gasteiger partial charge is 0.341 e. The van der Waals surface area contributed by atoms with Crippen molar-refractivity contribution in [3.8, 4) is 5.75 Å². The number of hydrogen-bond donors (Lipinski definition) is 1. The van der Waals surface area contributed by atoms with Crippen molar-refractivity contribution in [3.05, 3.63) is 65.2 Å². The normalized spacial score (nSPS) is 11.5. The minimum absolute atomic E-state index is 0.344. The fraction of sp³-hybridized carbons (Fsp3) is 0.222. The second-order valence-electron chi connectivity index (χ2n) is 5.27. The molecule has 0 aliphatic heterocycles. The summed E-state index contributed by atoms with van der Waals surface area (Å²) in [5.74, 6) is -2.79. The Balaban J connectivity index is 1.90. The van der Waals surface area contributed by atoms with Gasteiger partial charge in [-0.3, -0.25) is 4.79 Å².